The predicted molar refractivity (Wildman–Crippen MR) is 213 cm³/mol. The Morgan fingerprint density at radius 1 is 0.255 bits per heavy atom. The van der Waals surface area contributed by atoms with E-state index in [1.165, 1.54) is 255 Å². The molecule has 0 aliphatic heterocycles. The molecule has 1 nitrogen and oxygen atoms in total. The number of nitrogens with zero attached hydrogens (tertiary/aromatic N) is 1. The molecule has 0 fully saturated rings. The first-order chi connectivity index (χ1) is 22.7. The van der Waals surface area contributed by atoms with E-state index < -0.39 is 0 Å². The fourth-order valence-electron chi connectivity index (χ4n) is 8.22. The molecule has 0 saturated heterocycles. The molecule has 0 radical (unpaired) electrons. The summed E-state index contributed by atoms with van der Waals surface area (Å²) >= 11 is 0. The summed E-state index contributed by atoms with van der Waals surface area (Å²) in [7, 11) is 0. The van der Waals surface area contributed by atoms with Crippen molar-refractivity contribution in [3.8, 4) is 0 Å². The summed E-state index contributed by atoms with van der Waals surface area (Å²) in [6.45, 7) is 16.3. The average Bonchev–Trinajstić information content (AvgIpc) is 3.06. The van der Waals surface area contributed by atoms with Gasteiger partial charge in [0.15, 0.2) is 0 Å². The van der Waals surface area contributed by atoms with Crippen molar-refractivity contribution in [2.75, 3.05) is 19.6 Å². The lowest BCUT2D eigenvalue weighted by atomic mass is 9.94. The van der Waals surface area contributed by atoms with Crippen LogP contribution in [0.25, 0.3) is 0 Å². The monoisotopic (exact) mass is 776 g/mol. The molecule has 0 aromatic heterocycles. The van der Waals surface area contributed by atoms with Crippen LogP contribution < -0.4 is 24.0 Å². The third-order valence-electron chi connectivity index (χ3n) is 11.4. The van der Waals surface area contributed by atoms with Gasteiger partial charge in [-0.25, -0.2) is 0 Å². The second-order valence-corrected chi connectivity index (χ2v) is 15.9. The van der Waals surface area contributed by atoms with Crippen LogP contribution in [0.3, 0.4) is 0 Å². The summed E-state index contributed by atoms with van der Waals surface area (Å²) in [6.07, 6.45) is 52.6. The molecule has 0 aliphatic carbocycles. The van der Waals surface area contributed by atoms with Crippen LogP contribution in [0.15, 0.2) is 0 Å². The van der Waals surface area contributed by atoms with Gasteiger partial charge in [-0.05, 0) is 64.2 Å². The molecule has 0 rings (SSSR count). The van der Waals surface area contributed by atoms with Gasteiger partial charge in [0.1, 0.15) is 0 Å². The molecule has 1 unspecified atom stereocenters. The van der Waals surface area contributed by atoms with Gasteiger partial charge in [0.2, 0.25) is 0 Å². The molecule has 0 aliphatic rings. The molecule has 286 valence electrons. The van der Waals surface area contributed by atoms with Crippen LogP contribution in [0.4, 0.5) is 0 Å². The number of unbranched alkanes of at least 4 members (excludes halogenated alkanes) is 29. The van der Waals surface area contributed by atoms with Gasteiger partial charge in [-0.1, -0.05) is 202 Å². The quantitative estimate of drug-likeness (QED) is 0.0330. The van der Waals surface area contributed by atoms with Crippen LogP contribution in [0.1, 0.15) is 266 Å². The first kappa shape index (κ1) is 49.8. The molecule has 0 saturated carbocycles. The Bertz CT molecular complexity index is 534. The van der Waals surface area contributed by atoms with E-state index in [9.17, 15) is 0 Å². The van der Waals surface area contributed by atoms with Gasteiger partial charge >= 0.3 is 0 Å². The Balaban J connectivity index is 0. The van der Waals surface area contributed by atoms with Gasteiger partial charge in [-0.3, -0.25) is 0 Å². The standard InChI is InChI=1S/C45H94N.HI/c1-6-11-16-21-23-25-27-29-34-39-44-46(42-37-32-19-14-9-4,43-38-33-20-15-10-5)45(40-35-30-18-13-8-3)41-36-31-28-26-24-22-17-12-7-2;/h45H,6-44H2,1-5H3;1H/q+1;/p-1. The highest BCUT2D eigenvalue weighted by atomic mass is 127. The van der Waals surface area contributed by atoms with Crippen molar-refractivity contribution in [3.63, 3.8) is 0 Å². The Labute approximate surface area is 318 Å². The molecular formula is C45H94IN. The number of halogens is 1. The van der Waals surface area contributed by atoms with Crippen LogP contribution in [-0.2, 0) is 0 Å². The predicted octanol–water partition coefficient (Wildman–Crippen LogP) is 13.3. The SMILES string of the molecule is CCCCCCCCCCCC[N+](CCCCCCC)(CCCCCCC)C(CCCCCCC)CCCCCCCCCCC.[I-]. The van der Waals surface area contributed by atoms with Crippen molar-refractivity contribution < 1.29 is 28.5 Å². The molecule has 0 bridgehead atoms. The summed E-state index contributed by atoms with van der Waals surface area (Å²) in [6, 6.07) is 0.932. The number of hydrogen-bond acceptors (Lipinski definition) is 0. The zero-order valence-corrected chi connectivity index (χ0v) is 36.1. The van der Waals surface area contributed by atoms with Crippen molar-refractivity contribution in [1.82, 2.24) is 0 Å². The van der Waals surface area contributed by atoms with Crippen molar-refractivity contribution in [1.29, 1.82) is 0 Å². The highest BCUT2D eigenvalue weighted by molar-refractivity contribution is 4.66. The van der Waals surface area contributed by atoms with Crippen molar-refractivity contribution in [2.45, 2.75) is 272 Å². The lowest BCUT2D eigenvalue weighted by Gasteiger charge is -2.46. The minimum atomic E-state index is 0. The van der Waals surface area contributed by atoms with E-state index in [1.54, 1.807) is 0 Å². The average molecular weight is 776 g/mol. The maximum absolute atomic E-state index is 2.38. The largest absolute Gasteiger partial charge is 1.00 e. The van der Waals surface area contributed by atoms with Crippen LogP contribution in [-0.4, -0.2) is 30.2 Å². The molecule has 1 atom stereocenters. The minimum absolute atomic E-state index is 0. The molecule has 2 heteroatoms. The smallest absolute Gasteiger partial charge is 0.0890 e. The van der Waals surface area contributed by atoms with Crippen LogP contribution in [0.5, 0.6) is 0 Å². The van der Waals surface area contributed by atoms with Gasteiger partial charge in [0.25, 0.3) is 0 Å². The normalized spacial score (nSPS) is 12.4. The Morgan fingerprint density at radius 3 is 0.681 bits per heavy atom. The maximum atomic E-state index is 2.38. The van der Waals surface area contributed by atoms with Crippen LogP contribution >= 0.6 is 0 Å². The Morgan fingerprint density at radius 2 is 0.447 bits per heavy atom. The summed E-state index contributed by atoms with van der Waals surface area (Å²) in [5.74, 6) is 0. The zero-order chi connectivity index (χ0) is 33.7. The lowest BCUT2D eigenvalue weighted by Crippen LogP contribution is -3.00. The van der Waals surface area contributed by atoms with Crippen LogP contribution in [0, 0.1) is 0 Å². The van der Waals surface area contributed by atoms with Crippen molar-refractivity contribution >= 4 is 0 Å². The summed E-state index contributed by atoms with van der Waals surface area (Å²) in [4.78, 5) is 0. The molecule has 0 aromatic rings. The third-order valence-corrected chi connectivity index (χ3v) is 11.4. The molecule has 0 N–H and O–H groups in total. The third kappa shape index (κ3) is 32.3. The fourth-order valence-corrected chi connectivity index (χ4v) is 8.22. The van der Waals surface area contributed by atoms with Crippen molar-refractivity contribution in [3.05, 3.63) is 0 Å². The van der Waals surface area contributed by atoms with E-state index in [0.29, 0.717) is 0 Å². The van der Waals surface area contributed by atoms with Gasteiger partial charge in [-0.2, -0.15) is 0 Å². The molecule has 0 heterocycles. The van der Waals surface area contributed by atoms with Gasteiger partial charge in [0.05, 0.1) is 25.7 Å². The molecular weight excluding hydrogens is 681 g/mol. The van der Waals surface area contributed by atoms with Crippen LogP contribution in [0.2, 0.25) is 0 Å². The number of quaternary nitrogens is 1. The Hall–Kier alpha value is 0.690. The summed E-state index contributed by atoms with van der Waals surface area (Å²) < 4.78 is 1.51. The summed E-state index contributed by atoms with van der Waals surface area (Å²) in [5.41, 5.74) is 0. The van der Waals surface area contributed by atoms with E-state index in [-0.39, 0.29) is 24.0 Å². The van der Waals surface area contributed by atoms with E-state index >= 15 is 0 Å². The van der Waals surface area contributed by atoms with E-state index in [0.717, 1.165) is 6.04 Å². The van der Waals surface area contributed by atoms with Gasteiger partial charge < -0.3 is 28.5 Å². The van der Waals surface area contributed by atoms with Crippen molar-refractivity contribution in [2.24, 2.45) is 0 Å². The summed E-state index contributed by atoms with van der Waals surface area (Å²) in [5, 5.41) is 0. The van der Waals surface area contributed by atoms with Gasteiger partial charge in [-0.15, -0.1) is 0 Å². The molecule has 47 heavy (non-hydrogen) atoms. The maximum Gasteiger partial charge on any atom is 0.0890 e. The Kier molecular flexibility index (Phi) is 43.6. The fraction of sp³-hybridized carbons (Fsp3) is 1.00. The van der Waals surface area contributed by atoms with Gasteiger partial charge in [0, 0.05) is 0 Å². The van der Waals surface area contributed by atoms with E-state index in [2.05, 4.69) is 34.6 Å². The second kappa shape index (κ2) is 41.1. The van der Waals surface area contributed by atoms with E-state index in [1.807, 2.05) is 0 Å². The first-order valence-corrected chi connectivity index (χ1v) is 22.6. The topological polar surface area (TPSA) is 0 Å². The van der Waals surface area contributed by atoms with E-state index in [4.69, 9.17) is 0 Å². The lowest BCUT2D eigenvalue weighted by molar-refractivity contribution is -0.952. The highest BCUT2D eigenvalue weighted by Crippen LogP contribution is 2.29. The molecule has 0 aromatic carbocycles. The highest BCUT2D eigenvalue weighted by Gasteiger charge is 2.35. The number of rotatable bonds is 40. The molecule has 0 amide bonds. The second-order valence-electron chi connectivity index (χ2n) is 15.9. The first-order valence-electron chi connectivity index (χ1n) is 22.6. The minimum Gasteiger partial charge on any atom is -1.00 e. The zero-order valence-electron chi connectivity index (χ0n) is 34.0. The number of hydrogen-bond donors (Lipinski definition) is 0. The molecule has 0 spiro atoms.